The first-order valence-corrected chi connectivity index (χ1v) is 7.47. The summed E-state index contributed by atoms with van der Waals surface area (Å²) < 4.78 is 1.77. The molecule has 1 atom stereocenters. The van der Waals surface area contributed by atoms with Crippen LogP contribution in [-0.2, 0) is 7.05 Å². The summed E-state index contributed by atoms with van der Waals surface area (Å²) >= 11 is 1.40. The first-order chi connectivity index (χ1) is 9.12. The second-order valence-corrected chi connectivity index (χ2v) is 7.29. The summed E-state index contributed by atoms with van der Waals surface area (Å²) in [7, 11) is 1.87. The van der Waals surface area contributed by atoms with Gasteiger partial charge < -0.3 is 11.1 Å². The number of nitrogens with two attached hydrogens (primary N) is 1. The number of hydrogen-bond donors (Lipinski definition) is 2. The molecule has 0 aliphatic heterocycles. The minimum Gasteiger partial charge on any atom is -0.397 e. The number of thiophene rings is 1. The molecule has 2 heterocycles. The predicted octanol–water partition coefficient (Wildman–Crippen LogP) is 2.69. The summed E-state index contributed by atoms with van der Waals surface area (Å²) in [6.07, 6.45) is 0. The van der Waals surface area contributed by atoms with Gasteiger partial charge in [-0.05, 0) is 19.3 Å². The Bertz CT molecular complexity index is 663. The zero-order valence-corrected chi connectivity index (χ0v) is 13.7. The van der Waals surface area contributed by atoms with E-state index < -0.39 is 0 Å². The molecule has 2 aromatic rings. The van der Waals surface area contributed by atoms with Crippen molar-refractivity contribution in [1.82, 2.24) is 15.1 Å². The third kappa shape index (κ3) is 2.40. The van der Waals surface area contributed by atoms with E-state index in [9.17, 15) is 4.79 Å². The zero-order valence-electron chi connectivity index (χ0n) is 12.9. The number of amides is 1. The topological polar surface area (TPSA) is 72.9 Å². The molecule has 1 unspecified atom stereocenters. The van der Waals surface area contributed by atoms with Crippen LogP contribution in [0, 0.1) is 12.3 Å². The first-order valence-electron chi connectivity index (χ1n) is 6.65. The van der Waals surface area contributed by atoms with Crippen LogP contribution < -0.4 is 11.1 Å². The summed E-state index contributed by atoms with van der Waals surface area (Å²) in [4.78, 5) is 13.9. The number of rotatable bonds is 2. The molecule has 0 saturated carbocycles. The SMILES string of the molecule is Cc1nn(C)c2sc(C(=O)NC(C)C(C)(C)C)c(N)c12. The minimum absolute atomic E-state index is 0.0125. The highest BCUT2D eigenvalue weighted by molar-refractivity contribution is 7.21. The number of aryl methyl sites for hydroxylation is 2. The Kier molecular flexibility index (Phi) is 3.54. The number of nitrogens with one attached hydrogen (secondary N) is 1. The van der Waals surface area contributed by atoms with Gasteiger partial charge in [0, 0.05) is 13.1 Å². The Morgan fingerprint density at radius 1 is 1.45 bits per heavy atom. The third-order valence-corrected chi connectivity index (χ3v) is 5.01. The molecule has 20 heavy (non-hydrogen) atoms. The van der Waals surface area contributed by atoms with Gasteiger partial charge in [-0.3, -0.25) is 9.48 Å². The van der Waals surface area contributed by atoms with E-state index in [0.29, 0.717) is 10.6 Å². The van der Waals surface area contributed by atoms with E-state index >= 15 is 0 Å². The molecule has 0 aliphatic carbocycles. The molecule has 0 aromatic carbocycles. The van der Waals surface area contributed by atoms with Gasteiger partial charge in [-0.2, -0.15) is 5.10 Å². The highest BCUT2D eigenvalue weighted by Crippen LogP contribution is 2.35. The molecule has 0 bridgehead atoms. The molecular formula is C14H22N4OS. The van der Waals surface area contributed by atoms with Crippen LogP contribution in [0.3, 0.4) is 0 Å². The van der Waals surface area contributed by atoms with Gasteiger partial charge in [0.1, 0.15) is 9.71 Å². The number of anilines is 1. The standard InChI is InChI=1S/C14H22N4OS/c1-7-9-10(15)11(20-13(9)18(6)17-7)12(19)16-8(2)14(3,4)5/h8H,15H2,1-6H3,(H,16,19). The van der Waals surface area contributed by atoms with E-state index in [1.54, 1.807) is 4.68 Å². The summed E-state index contributed by atoms with van der Waals surface area (Å²) in [5, 5.41) is 8.25. The molecule has 0 saturated heterocycles. The van der Waals surface area contributed by atoms with Crippen LogP contribution in [0.4, 0.5) is 5.69 Å². The van der Waals surface area contributed by atoms with Gasteiger partial charge in [0.25, 0.3) is 5.91 Å². The molecule has 2 rings (SSSR count). The fourth-order valence-electron chi connectivity index (χ4n) is 1.98. The molecule has 0 fully saturated rings. The van der Waals surface area contributed by atoms with Crippen molar-refractivity contribution in [2.45, 2.75) is 40.7 Å². The van der Waals surface area contributed by atoms with Gasteiger partial charge >= 0.3 is 0 Å². The normalized spacial score (nSPS) is 13.7. The van der Waals surface area contributed by atoms with Crippen molar-refractivity contribution in [2.75, 3.05) is 5.73 Å². The molecule has 0 radical (unpaired) electrons. The highest BCUT2D eigenvalue weighted by Gasteiger charge is 2.26. The largest absolute Gasteiger partial charge is 0.397 e. The molecule has 3 N–H and O–H groups in total. The van der Waals surface area contributed by atoms with E-state index in [4.69, 9.17) is 5.73 Å². The van der Waals surface area contributed by atoms with E-state index in [0.717, 1.165) is 15.9 Å². The number of carbonyl (C=O) groups excluding carboxylic acids is 1. The Balaban J connectivity index is 2.36. The maximum Gasteiger partial charge on any atom is 0.263 e. The first kappa shape index (κ1) is 14.8. The number of carbonyl (C=O) groups is 1. The lowest BCUT2D eigenvalue weighted by molar-refractivity contribution is 0.0915. The number of nitrogens with zero attached hydrogens (tertiary/aromatic N) is 2. The maximum atomic E-state index is 12.4. The predicted molar refractivity (Wildman–Crippen MR) is 84.1 cm³/mol. The Labute approximate surface area is 123 Å². The van der Waals surface area contributed by atoms with Gasteiger partial charge in [-0.25, -0.2) is 0 Å². The lowest BCUT2D eigenvalue weighted by Gasteiger charge is -2.27. The molecule has 0 aliphatic rings. The average Bonchev–Trinajstić information content (AvgIpc) is 2.78. The quantitative estimate of drug-likeness (QED) is 0.894. The van der Waals surface area contributed by atoms with E-state index in [-0.39, 0.29) is 17.4 Å². The fourth-order valence-corrected chi connectivity index (χ4v) is 3.07. The van der Waals surface area contributed by atoms with Gasteiger partial charge in [0.2, 0.25) is 0 Å². The molecule has 0 spiro atoms. The molecule has 5 nitrogen and oxygen atoms in total. The Morgan fingerprint density at radius 2 is 2.05 bits per heavy atom. The minimum atomic E-state index is -0.106. The van der Waals surface area contributed by atoms with Crippen LogP contribution in [0.1, 0.15) is 43.1 Å². The van der Waals surface area contributed by atoms with Crippen molar-refractivity contribution in [3.8, 4) is 0 Å². The van der Waals surface area contributed by atoms with E-state index in [1.165, 1.54) is 11.3 Å². The van der Waals surface area contributed by atoms with Gasteiger partial charge in [0.05, 0.1) is 16.8 Å². The van der Waals surface area contributed by atoms with Gasteiger partial charge in [0.15, 0.2) is 0 Å². The summed E-state index contributed by atoms with van der Waals surface area (Å²) in [5.74, 6) is -0.106. The number of aromatic nitrogens is 2. The molecule has 2 aromatic heterocycles. The van der Waals surface area contributed by atoms with Crippen molar-refractivity contribution in [3.05, 3.63) is 10.6 Å². The summed E-state index contributed by atoms with van der Waals surface area (Å²) in [6, 6.07) is 0.0684. The monoisotopic (exact) mass is 294 g/mol. The second-order valence-electron chi connectivity index (χ2n) is 6.30. The van der Waals surface area contributed by atoms with Crippen molar-refractivity contribution < 1.29 is 4.79 Å². The van der Waals surface area contributed by atoms with E-state index in [1.807, 2.05) is 20.9 Å². The smallest absolute Gasteiger partial charge is 0.263 e. The zero-order chi connectivity index (χ0) is 15.2. The lowest BCUT2D eigenvalue weighted by atomic mass is 9.88. The third-order valence-electron chi connectivity index (χ3n) is 3.74. The average molecular weight is 294 g/mol. The van der Waals surface area contributed by atoms with Gasteiger partial charge in [-0.15, -0.1) is 11.3 Å². The number of fused-ring (bicyclic) bond motifs is 1. The molecular weight excluding hydrogens is 272 g/mol. The van der Waals surface area contributed by atoms with Crippen molar-refractivity contribution >= 4 is 33.1 Å². The fraction of sp³-hybridized carbons (Fsp3) is 0.571. The van der Waals surface area contributed by atoms with Crippen LogP contribution >= 0.6 is 11.3 Å². The molecule has 110 valence electrons. The van der Waals surface area contributed by atoms with Crippen LogP contribution in [0.15, 0.2) is 0 Å². The van der Waals surface area contributed by atoms with Crippen molar-refractivity contribution in [2.24, 2.45) is 12.5 Å². The number of nitrogen functional groups attached to an aromatic ring is 1. The Morgan fingerprint density at radius 3 is 2.55 bits per heavy atom. The highest BCUT2D eigenvalue weighted by atomic mass is 32.1. The maximum absolute atomic E-state index is 12.4. The Hall–Kier alpha value is -1.56. The van der Waals surface area contributed by atoms with Crippen molar-refractivity contribution in [3.63, 3.8) is 0 Å². The van der Waals surface area contributed by atoms with Crippen LogP contribution in [0.2, 0.25) is 0 Å². The second kappa shape index (κ2) is 4.77. The van der Waals surface area contributed by atoms with Gasteiger partial charge in [-0.1, -0.05) is 20.8 Å². The molecule has 6 heteroatoms. The van der Waals surface area contributed by atoms with Crippen LogP contribution in [0.5, 0.6) is 0 Å². The summed E-state index contributed by atoms with van der Waals surface area (Å²) in [5.41, 5.74) is 7.54. The van der Waals surface area contributed by atoms with Crippen LogP contribution in [-0.4, -0.2) is 21.7 Å². The molecule has 1 amide bonds. The van der Waals surface area contributed by atoms with Crippen LogP contribution in [0.25, 0.3) is 10.2 Å². The van der Waals surface area contributed by atoms with Crippen molar-refractivity contribution in [1.29, 1.82) is 0 Å². The number of hydrogen-bond acceptors (Lipinski definition) is 4. The van der Waals surface area contributed by atoms with E-state index in [2.05, 4.69) is 31.2 Å². The summed E-state index contributed by atoms with van der Waals surface area (Å²) in [6.45, 7) is 10.2. The lowest BCUT2D eigenvalue weighted by Crippen LogP contribution is -2.41.